The first-order valence-corrected chi connectivity index (χ1v) is 11.3. The molecule has 4 rings (SSSR count). The maximum Gasteiger partial charge on any atom is 0.272 e. The zero-order valence-electron chi connectivity index (χ0n) is 18.2. The van der Waals surface area contributed by atoms with Crippen molar-refractivity contribution >= 4 is 47.2 Å². The van der Waals surface area contributed by atoms with E-state index in [0.29, 0.717) is 17.0 Å². The van der Waals surface area contributed by atoms with E-state index >= 15 is 0 Å². The van der Waals surface area contributed by atoms with Crippen molar-refractivity contribution in [3.63, 3.8) is 0 Å². The Labute approximate surface area is 200 Å². The Morgan fingerprint density at radius 2 is 1.76 bits per heavy atom. The predicted molar refractivity (Wildman–Crippen MR) is 128 cm³/mol. The highest BCUT2D eigenvalue weighted by atomic mass is 32.2. The van der Waals surface area contributed by atoms with Gasteiger partial charge in [0.1, 0.15) is 11.5 Å². The number of likely N-dealkylation sites (tertiary alicyclic amines) is 1. The molecule has 8 nitrogen and oxygen atoms in total. The number of carbonyl (C=O) groups excluding carboxylic acids is 4. The molecule has 4 amide bonds. The molecule has 1 unspecified atom stereocenters. The molecule has 1 fully saturated rings. The molecule has 0 aliphatic carbocycles. The van der Waals surface area contributed by atoms with Crippen LogP contribution in [0.25, 0.3) is 6.08 Å². The molecule has 0 bridgehead atoms. The highest BCUT2D eigenvalue weighted by Gasteiger charge is 2.36. The normalized spacial score (nSPS) is 16.0. The van der Waals surface area contributed by atoms with Crippen LogP contribution in [0.15, 0.2) is 88.0 Å². The summed E-state index contributed by atoms with van der Waals surface area (Å²) in [7, 11) is 1.48. The van der Waals surface area contributed by atoms with E-state index in [2.05, 4.69) is 10.6 Å². The van der Waals surface area contributed by atoms with Crippen LogP contribution < -0.4 is 10.6 Å². The second-order valence-corrected chi connectivity index (χ2v) is 8.75. The molecule has 1 saturated heterocycles. The number of carbonyl (C=O) groups is 4. The van der Waals surface area contributed by atoms with Gasteiger partial charge < -0.3 is 15.1 Å². The minimum atomic E-state index is -0.528. The fourth-order valence-electron chi connectivity index (χ4n) is 3.25. The predicted octanol–water partition coefficient (Wildman–Crippen LogP) is 3.54. The average Bonchev–Trinajstić information content (AvgIpc) is 3.44. The van der Waals surface area contributed by atoms with Crippen LogP contribution in [0.5, 0.6) is 0 Å². The van der Waals surface area contributed by atoms with Gasteiger partial charge in [-0.25, -0.2) is 0 Å². The summed E-state index contributed by atoms with van der Waals surface area (Å²) in [5.74, 6) is -0.958. The molecule has 172 valence electrons. The number of anilines is 1. The fourth-order valence-corrected chi connectivity index (χ4v) is 4.36. The smallest absolute Gasteiger partial charge is 0.272 e. The van der Waals surface area contributed by atoms with Gasteiger partial charge in [-0.2, -0.15) is 0 Å². The molecule has 1 aliphatic rings. The van der Waals surface area contributed by atoms with Crippen LogP contribution in [0.2, 0.25) is 0 Å². The summed E-state index contributed by atoms with van der Waals surface area (Å²) in [5, 5.41) is 4.94. The van der Waals surface area contributed by atoms with Crippen LogP contribution in [-0.2, 0) is 14.4 Å². The van der Waals surface area contributed by atoms with Crippen LogP contribution in [0.1, 0.15) is 22.5 Å². The minimum absolute atomic E-state index is 0.0142. The largest absolute Gasteiger partial charge is 0.465 e. The topological polar surface area (TPSA) is 109 Å². The lowest BCUT2D eigenvalue weighted by Gasteiger charge is -2.12. The standard InChI is InChI=1S/C25H21N3O5S/c1-28-22(29)15-21(25(28)32)34-19-11-9-17(10-12-19)26-24(31)20(14-18-8-5-13-33-18)27-23(30)16-6-3-2-4-7-16/h2-14,21H,15H2,1H3,(H,26,31)(H,27,30)/b20-14-. The number of hydrogen-bond donors (Lipinski definition) is 2. The molecule has 1 aliphatic heterocycles. The molecule has 0 saturated carbocycles. The van der Waals surface area contributed by atoms with E-state index in [-0.39, 0.29) is 23.9 Å². The Morgan fingerprint density at radius 1 is 1.03 bits per heavy atom. The van der Waals surface area contributed by atoms with Crippen molar-refractivity contribution in [2.75, 3.05) is 12.4 Å². The molecule has 1 aromatic heterocycles. The first-order valence-electron chi connectivity index (χ1n) is 10.4. The Morgan fingerprint density at radius 3 is 2.38 bits per heavy atom. The van der Waals surface area contributed by atoms with Gasteiger partial charge in [0.2, 0.25) is 11.8 Å². The molecular formula is C25H21N3O5S. The third-order valence-electron chi connectivity index (χ3n) is 5.09. The Hall–Kier alpha value is -4.11. The van der Waals surface area contributed by atoms with Gasteiger partial charge in [0.05, 0.1) is 11.5 Å². The maximum atomic E-state index is 13.0. The molecule has 0 spiro atoms. The van der Waals surface area contributed by atoms with E-state index in [4.69, 9.17) is 4.42 Å². The first kappa shape index (κ1) is 23.1. The van der Waals surface area contributed by atoms with Gasteiger partial charge in [0.15, 0.2) is 0 Å². The van der Waals surface area contributed by atoms with Crippen LogP contribution >= 0.6 is 11.8 Å². The van der Waals surface area contributed by atoms with Gasteiger partial charge in [-0.1, -0.05) is 18.2 Å². The highest BCUT2D eigenvalue weighted by Crippen LogP contribution is 2.31. The second kappa shape index (κ2) is 10.2. The van der Waals surface area contributed by atoms with Crippen molar-refractivity contribution < 1.29 is 23.6 Å². The summed E-state index contributed by atoms with van der Waals surface area (Å²) >= 11 is 1.30. The summed E-state index contributed by atoms with van der Waals surface area (Å²) in [6.07, 6.45) is 3.08. The van der Waals surface area contributed by atoms with E-state index in [0.717, 1.165) is 9.80 Å². The SMILES string of the molecule is CN1C(=O)CC(Sc2ccc(NC(=O)/C(=C/c3ccco3)NC(=O)c3ccccc3)cc2)C1=O. The molecule has 9 heteroatoms. The molecule has 3 aromatic rings. The summed E-state index contributed by atoms with van der Waals surface area (Å²) in [5.41, 5.74) is 0.924. The number of imide groups is 1. The van der Waals surface area contributed by atoms with Crippen molar-refractivity contribution in [3.8, 4) is 0 Å². The molecule has 1 atom stereocenters. The van der Waals surface area contributed by atoms with Gasteiger partial charge in [-0.15, -0.1) is 11.8 Å². The average molecular weight is 476 g/mol. The lowest BCUT2D eigenvalue weighted by Crippen LogP contribution is -2.30. The van der Waals surface area contributed by atoms with E-state index < -0.39 is 17.1 Å². The van der Waals surface area contributed by atoms with Gasteiger partial charge in [0.25, 0.3) is 11.8 Å². The zero-order chi connectivity index (χ0) is 24.1. The fraction of sp³-hybridized carbons (Fsp3) is 0.120. The van der Waals surface area contributed by atoms with Crippen LogP contribution in [-0.4, -0.2) is 40.8 Å². The van der Waals surface area contributed by atoms with Crippen molar-refractivity contribution in [1.29, 1.82) is 0 Å². The zero-order valence-corrected chi connectivity index (χ0v) is 19.0. The van der Waals surface area contributed by atoms with Crippen molar-refractivity contribution in [2.45, 2.75) is 16.6 Å². The molecule has 2 heterocycles. The van der Waals surface area contributed by atoms with Gasteiger partial charge in [-0.05, 0) is 48.5 Å². The quantitative estimate of drug-likeness (QED) is 0.400. The molecule has 2 aromatic carbocycles. The van der Waals surface area contributed by atoms with Crippen molar-refractivity contribution in [2.24, 2.45) is 0 Å². The number of thioether (sulfide) groups is 1. The van der Waals surface area contributed by atoms with Crippen LogP contribution in [0.4, 0.5) is 5.69 Å². The number of hydrogen-bond acceptors (Lipinski definition) is 6. The summed E-state index contributed by atoms with van der Waals surface area (Å²) < 4.78 is 5.29. The van der Waals surface area contributed by atoms with Crippen molar-refractivity contribution in [3.05, 3.63) is 90.0 Å². The van der Waals surface area contributed by atoms with E-state index in [1.54, 1.807) is 66.7 Å². The second-order valence-electron chi connectivity index (χ2n) is 7.47. The third kappa shape index (κ3) is 5.44. The van der Waals surface area contributed by atoms with E-state index in [1.165, 1.54) is 31.1 Å². The maximum absolute atomic E-state index is 13.0. The van der Waals surface area contributed by atoms with Gasteiger partial charge in [-0.3, -0.25) is 24.1 Å². The van der Waals surface area contributed by atoms with E-state index in [9.17, 15) is 19.2 Å². The lowest BCUT2D eigenvalue weighted by atomic mass is 10.2. The lowest BCUT2D eigenvalue weighted by molar-refractivity contribution is -0.136. The van der Waals surface area contributed by atoms with E-state index in [1.807, 2.05) is 0 Å². The number of furan rings is 1. The number of benzene rings is 2. The van der Waals surface area contributed by atoms with Crippen molar-refractivity contribution in [1.82, 2.24) is 10.2 Å². The summed E-state index contributed by atoms with van der Waals surface area (Å²) in [6.45, 7) is 0. The number of rotatable bonds is 7. The monoisotopic (exact) mass is 475 g/mol. The van der Waals surface area contributed by atoms with Gasteiger partial charge >= 0.3 is 0 Å². The van der Waals surface area contributed by atoms with Crippen LogP contribution in [0.3, 0.4) is 0 Å². The number of nitrogens with one attached hydrogen (secondary N) is 2. The van der Waals surface area contributed by atoms with Gasteiger partial charge in [0, 0.05) is 35.7 Å². The summed E-state index contributed by atoms with van der Waals surface area (Å²) in [6, 6.07) is 18.8. The highest BCUT2D eigenvalue weighted by molar-refractivity contribution is 8.00. The molecular weight excluding hydrogens is 454 g/mol. The van der Waals surface area contributed by atoms with Crippen LogP contribution in [0, 0.1) is 0 Å². The number of amides is 4. The first-order chi connectivity index (χ1) is 16.4. The Balaban J connectivity index is 1.45. The molecule has 34 heavy (non-hydrogen) atoms. The number of nitrogens with zero attached hydrogens (tertiary/aromatic N) is 1. The molecule has 2 N–H and O–H groups in total. The summed E-state index contributed by atoms with van der Waals surface area (Å²) in [4.78, 5) is 51.3. The third-order valence-corrected chi connectivity index (χ3v) is 6.29. The minimum Gasteiger partial charge on any atom is -0.465 e. The molecule has 0 radical (unpaired) electrons. The Kier molecular flexibility index (Phi) is 6.93. The Bertz CT molecular complexity index is 1240.